The summed E-state index contributed by atoms with van der Waals surface area (Å²) in [5.74, 6) is 1.43. The minimum atomic E-state index is 0.484. The predicted octanol–water partition coefficient (Wildman–Crippen LogP) is 2.88. The van der Waals surface area contributed by atoms with Crippen LogP contribution in [0.25, 0.3) is 11.3 Å². The zero-order valence-electron chi connectivity index (χ0n) is 19.8. The Hall–Kier alpha value is -3.74. The molecule has 0 unspecified atom stereocenters. The van der Waals surface area contributed by atoms with Gasteiger partial charge in [0, 0.05) is 61.9 Å². The van der Waals surface area contributed by atoms with Gasteiger partial charge in [0.15, 0.2) is 0 Å². The molecule has 9 nitrogen and oxygen atoms in total. The maximum atomic E-state index is 9.84. The number of nitriles is 1. The summed E-state index contributed by atoms with van der Waals surface area (Å²) in [6, 6.07) is 15.3. The molecule has 0 saturated carbocycles. The maximum absolute atomic E-state index is 9.84. The lowest BCUT2D eigenvalue weighted by Gasteiger charge is -2.34. The fraction of sp³-hybridized carbons (Fsp3) is 0.385. The van der Waals surface area contributed by atoms with Crippen molar-refractivity contribution in [3.8, 4) is 17.3 Å². The number of nitrogens with one attached hydrogen (secondary N) is 1. The van der Waals surface area contributed by atoms with Crippen LogP contribution in [0.4, 0.5) is 23.1 Å². The Morgan fingerprint density at radius 2 is 1.94 bits per heavy atom. The predicted molar refractivity (Wildman–Crippen MR) is 135 cm³/mol. The van der Waals surface area contributed by atoms with E-state index < -0.39 is 0 Å². The first-order chi connectivity index (χ1) is 17.2. The summed E-state index contributed by atoms with van der Waals surface area (Å²) >= 11 is 0. The van der Waals surface area contributed by atoms with Gasteiger partial charge in [0.1, 0.15) is 11.9 Å². The highest BCUT2D eigenvalue weighted by molar-refractivity contribution is 5.69. The van der Waals surface area contributed by atoms with Crippen LogP contribution in [0.3, 0.4) is 0 Å². The van der Waals surface area contributed by atoms with Gasteiger partial charge in [-0.15, -0.1) is 0 Å². The number of likely N-dealkylation sites (tertiary alicyclic amines) is 1. The van der Waals surface area contributed by atoms with Crippen LogP contribution in [0.5, 0.6) is 0 Å². The molecule has 3 saturated heterocycles. The Balaban J connectivity index is 1.18. The number of ether oxygens (including phenoxy) is 1. The number of nitrogens with zero attached hydrogens (tertiary/aromatic N) is 7. The van der Waals surface area contributed by atoms with E-state index in [1.165, 1.54) is 6.42 Å². The number of hydrogen-bond acceptors (Lipinski definition) is 9. The molecule has 0 aliphatic carbocycles. The summed E-state index contributed by atoms with van der Waals surface area (Å²) in [4.78, 5) is 20.7. The SMILES string of the molecule is CN1C[C@@H]2C[C@H]1CN2c1ccc(Nc2nccc(-c3ccc(N4CCOCC4)nc3)n2)cc1C#N. The topological polar surface area (TPSA) is 93.4 Å². The Labute approximate surface area is 205 Å². The third-order valence-corrected chi connectivity index (χ3v) is 7.23. The molecule has 0 radical (unpaired) electrons. The van der Waals surface area contributed by atoms with Gasteiger partial charge in [0.05, 0.1) is 30.2 Å². The van der Waals surface area contributed by atoms with Crippen molar-refractivity contribution < 1.29 is 4.74 Å². The summed E-state index contributed by atoms with van der Waals surface area (Å²) in [5, 5.41) is 13.1. The van der Waals surface area contributed by atoms with Gasteiger partial charge in [-0.2, -0.15) is 5.26 Å². The van der Waals surface area contributed by atoms with E-state index in [1.807, 2.05) is 42.6 Å². The van der Waals surface area contributed by atoms with E-state index in [0.29, 0.717) is 23.6 Å². The standard InChI is InChI=1S/C26H28N8O/c1-32-16-22-13-21(32)17-34(22)24-4-3-20(12-19(24)14-27)30-26-28-7-6-23(31-26)18-2-5-25(29-15-18)33-8-10-35-11-9-33/h2-7,12,15,21-22H,8-11,13,16-17H2,1H3,(H,28,30,31)/t21-,22-/m0/s1. The molecule has 0 amide bonds. The minimum Gasteiger partial charge on any atom is -0.378 e. The van der Waals surface area contributed by atoms with Crippen molar-refractivity contribution in [3.63, 3.8) is 0 Å². The molecule has 9 heteroatoms. The highest BCUT2D eigenvalue weighted by Crippen LogP contribution is 2.36. The molecule has 178 valence electrons. The van der Waals surface area contributed by atoms with Crippen LogP contribution in [-0.2, 0) is 4.74 Å². The highest BCUT2D eigenvalue weighted by Gasteiger charge is 2.42. The number of anilines is 4. The molecule has 5 heterocycles. The number of benzene rings is 1. The number of hydrogen-bond donors (Lipinski definition) is 1. The third-order valence-electron chi connectivity index (χ3n) is 7.23. The van der Waals surface area contributed by atoms with Gasteiger partial charge < -0.3 is 19.9 Å². The largest absolute Gasteiger partial charge is 0.378 e. The van der Waals surface area contributed by atoms with Crippen molar-refractivity contribution >= 4 is 23.1 Å². The van der Waals surface area contributed by atoms with E-state index >= 15 is 0 Å². The summed E-state index contributed by atoms with van der Waals surface area (Å²) in [7, 11) is 2.18. The van der Waals surface area contributed by atoms with E-state index in [9.17, 15) is 5.26 Å². The summed E-state index contributed by atoms with van der Waals surface area (Å²) in [6.45, 7) is 5.20. The maximum Gasteiger partial charge on any atom is 0.227 e. The lowest BCUT2D eigenvalue weighted by molar-refractivity contribution is 0.122. The van der Waals surface area contributed by atoms with E-state index in [1.54, 1.807) is 6.20 Å². The van der Waals surface area contributed by atoms with Crippen molar-refractivity contribution in [3.05, 3.63) is 54.4 Å². The Morgan fingerprint density at radius 1 is 1.06 bits per heavy atom. The number of piperazine rings is 1. The van der Waals surface area contributed by atoms with Gasteiger partial charge in [-0.3, -0.25) is 4.90 Å². The smallest absolute Gasteiger partial charge is 0.227 e. The fourth-order valence-corrected chi connectivity index (χ4v) is 5.34. The van der Waals surface area contributed by atoms with E-state index in [4.69, 9.17) is 4.74 Å². The van der Waals surface area contributed by atoms with Crippen LogP contribution in [-0.4, -0.2) is 78.4 Å². The number of fused-ring (bicyclic) bond motifs is 2. The molecule has 3 aliphatic rings. The highest BCUT2D eigenvalue weighted by atomic mass is 16.5. The van der Waals surface area contributed by atoms with Crippen LogP contribution in [0.2, 0.25) is 0 Å². The first-order valence-electron chi connectivity index (χ1n) is 12.1. The van der Waals surface area contributed by atoms with E-state index in [-0.39, 0.29) is 0 Å². The molecule has 35 heavy (non-hydrogen) atoms. The van der Waals surface area contributed by atoms with E-state index in [0.717, 1.165) is 67.8 Å². The zero-order valence-corrected chi connectivity index (χ0v) is 19.8. The average Bonchev–Trinajstić information content (AvgIpc) is 3.49. The number of morpholine rings is 1. The van der Waals surface area contributed by atoms with Crippen molar-refractivity contribution in [2.45, 2.75) is 18.5 Å². The van der Waals surface area contributed by atoms with Gasteiger partial charge in [-0.05, 0) is 49.9 Å². The van der Waals surface area contributed by atoms with Crippen molar-refractivity contribution in [1.82, 2.24) is 19.9 Å². The van der Waals surface area contributed by atoms with Crippen molar-refractivity contribution in [2.75, 3.05) is 61.6 Å². The molecule has 2 atom stereocenters. The second kappa shape index (κ2) is 9.13. The van der Waals surface area contributed by atoms with Gasteiger partial charge in [0.2, 0.25) is 5.95 Å². The number of likely N-dealkylation sites (N-methyl/N-ethyl adjacent to an activating group) is 1. The Morgan fingerprint density at radius 3 is 2.66 bits per heavy atom. The molecule has 3 aliphatic heterocycles. The monoisotopic (exact) mass is 468 g/mol. The lowest BCUT2D eigenvalue weighted by atomic mass is 10.1. The molecular formula is C26H28N8O. The third kappa shape index (κ3) is 4.27. The molecule has 3 aromatic rings. The van der Waals surface area contributed by atoms with Crippen molar-refractivity contribution in [1.29, 1.82) is 5.26 Å². The first kappa shape index (κ1) is 21.8. The Bertz CT molecular complexity index is 1250. The van der Waals surface area contributed by atoms with Crippen LogP contribution in [0.15, 0.2) is 48.8 Å². The van der Waals surface area contributed by atoms with Crippen LogP contribution in [0.1, 0.15) is 12.0 Å². The minimum absolute atomic E-state index is 0.484. The summed E-state index contributed by atoms with van der Waals surface area (Å²) < 4.78 is 5.42. The van der Waals surface area contributed by atoms with Crippen molar-refractivity contribution in [2.24, 2.45) is 0 Å². The molecule has 1 aromatic carbocycles. The summed E-state index contributed by atoms with van der Waals surface area (Å²) in [5.41, 5.74) is 4.20. The van der Waals surface area contributed by atoms with Crippen LogP contribution >= 0.6 is 0 Å². The second-order valence-electron chi connectivity index (χ2n) is 9.37. The lowest BCUT2D eigenvalue weighted by Crippen LogP contribution is -2.44. The molecule has 0 spiro atoms. The Kier molecular flexibility index (Phi) is 5.68. The zero-order chi connectivity index (χ0) is 23.8. The van der Waals surface area contributed by atoms with Crippen LogP contribution in [0, 0.1) is 11.3 Å². The van der Waals surface area contributed by atoms with Gasteiger partial charge in [-0.1, -0.05) is 0 Å². The molecule has 6 rings (SSSR count). The number of rotatable bonds is 5. The second-order valence-corrected chi connectivity index (χ2v) is 9.37. The van der Waals surface area contributed by atoms with Gasteiger partial charge in [-0.25, -0.2) is 15.0 Å². The first-order valence-corrected chi connectivity index (χ1v) is 12.1. The molecule has 3 fully saturated rings. The molecule has 2 bridgehead atoms. The number of aromatic nitrogens is 3. The number of pyridine rings is 1. The average molecular weight is 469 g/mol. The van der Waals surface area contributed by atoms with Gasteiger partial charge in [0.25, 0.3) is 0 Å². The van der Waals surface area contributed by atoms with E-state index in [2.05, 4.69) is 48.1 Å². The normalized spacial score (nSPS) is 21.8. The summed E-state index contributed by atoms with van der Waals surface area (Å²) in [6.07, 6.45) is 4.75. The molecular weight excluding hydrogens is 440 g/mol. The molecule has 2 aromatic heterocycles. The van der Waals surface area contributed by atoms with Crippen LogP contribution < -0.4 is 15.1 Å². The van der Waals surface area contributed by atoms with Gasteiger partial charge >= 0.3 is 0 Å². The quantitative estimate of drug-likeness (QED) is 0.607. The molecule has 1 N–H and O–H groups in total. The fourth-order valence-electron chi connectivity index (χ4n) is 5.34.